The SMILES string of the molecule is Cn1ccn(CCCC(=O)c2ccccc2)c1=O. The van der Waals surface area contributed by atoms with Crippen LogP contribution in [0.3, 0.4) is 0 Å². The minimum atomic E-state index is -0.0397. The zero-order valence-corrected chi connectivity index (χ0v) is 10.4. The van der Waals surface area contributed by atoms with Crippen molar-refractivity contribution >= 4 is 5.78 Å². The van der Waals surface area contributed by atoms with Crippen molar-refractivity contribution in [2.45, 2.75) is 19.4 Å². The van der Waals surface area contributed by atoms with E-state index in [1.807, 2.05) is 30.3 Å². The fourth-order valence-corrected chi connectivity index (χ4v) is 1.86. The van der Waals surface area contributed by atoms with E-state index in [0.29, 0.717) is 19.4 Å². The molecule has 0 atom stereocenters. The van der Waals surface area contributed by atoms with E-state index in [0.717, 1.165) is 5.56 Å². The Kier molecular flexibility index (Phi) is 3.77. The Hall–Kier alpha value is -2.10. The molecule has 0 fully saturated rings. The average Bonchev–Trinajstić information content (AvgIpc) is 2.71. The Morgan fingerprint density at radius 3 is 2.50 bits per heavy atom. The average molecular weight is 244 g/mol. The molecule has 2 rings (SSSR count). The Balaban J connectivity index is 1.88. The number of carbonyl (C=O) groups excluding carboxylic acids is 1. The lowest BCUT2D eigenvalue weighted by Gasteiger charge is -2.02. The van der Waals surface area contributed by atoms with Crippen molar-refractivity contribution in [2.75, 3.05) is 0 Å². The van der Waals surface area contributed by atoms with E-state index in [1.54, 1.807) is 24.0 Å². The smallest absolute Gasteiger partial charge is 0.302 e. The lowest BCUT2D eigenvalue weighted by atomic mass is 10.1. The number of Topliss-reactive ketones (excluding diaryl/α,β-unsaturated/α-hetero) is 1. The van der Waals surface area contributed by atoms with Crippen LogP contribution in [0.1, 0.15) is 23.2 Å². The Labute approximate surface area is 105 Å². The first-order valence-corrected chi connectivity index (χ1v) is 5.98. The molecule has 0 spiro atoms. The van der Waals surface area contributed by atoms with Gasteiger partial charge in [-0.15, -0.1) is 0 Å². The van der Waals surface area contributed by atoms with Crippen LogP contribution in [0, 0.1) is 0 Å². The minimum absolute atomic E-state index is 0.0397. The van der Waals surface area contributed by atoms with Crippen molar-refractivity contribution in [2.24, 2.45) is 7.05 Å². The summed E-state index contributed by atoms with van der Waals surface area (Å²) in [6.45, 7) is 0.582. The van der Waals surface area contributed by atoms with Crippen LogP contribution in [-0.2, 0) is 13.6 Å². The first-order valence-electron chi connectivity index (χ1n) is 5.98. The second-order valence-electron chi connectivity index (χ2n) is 4.28. The molecule has 1 aromatic heterocycles. The molecule has 18 heavy (non-hydrogen) atoms. The predicted molar refractivity (Wildman–Crippen MR) is 69.7 cm³/mol. The van der Waals surface area contributed by atoms with Gasteiger partial charge in [0.1, 0.15) is 0 Å². The number of benzene rings is 1. The van der Waals surface area contributed by atoms with Gasteiger partial charge in [0.15, 0.2) is 5.78 Å². The van der Waals surface area contributed by atoms with Gasteiger partial charge in [0.2, 0.25) is 0 Å². The van der Waals surface area contributed by atoms with Crippen LogP contribution in [0.5, 0.6) is 0 Å². The first kappa shape index (κ1) is 12.4. The van der Waals surface area contributed by atoms with E-state index in [4.69, 9.17) is 0 Å². The molecule has 0 unspecified atom stereocenters. The van der Waals surface area contributed by atoms with E-state index >= 15 is 0 Å². The number of aryl methyl sites for hydroxylation is 2. The van der Waals surface area contributed by atoms with Gasteiger partial charge in [-0.05, 0) is 6.42 Å². The highest BCUT2D eigenvalue weighted by molar-refractivity contribution is 5.95. The van der Waals surface area contributed by atoms with Crippen LogP contribution in [0.15, 0.2) is 47.5 Å². The van der Waals surface area contributed by atoms with Gasteiger partial charge in [-0.3, -0.25) is 9.36 Å². The molecule has 94 valence electrons. The van der Waals surface area contributed by atoms with Crippen molar-refractivity contribution in [1.82, 2.24) is 9.13 Å². The van der Waals surface area contributed by atoms with Gasteiger partial charge in [0.05, 0.1) is 0 Å². The number of hydrogen-bond acceptors (Lipinski definition) is 2. The summed E-state index contributed by atoms with van der Waals surface area (Å²) in [5, 5.41) is 0. The van der Waals surface area contributed by atoms with Gasteiger partial charge in [0.25, 0.3) is 0 Å². The van der Waals surface area contributed by atoms with E-state index < -0.39 is 0 Å². The molecule has 0 aliphatic rings. The highest BCUT2D eigenvalue weighted by atomic mass is 16.1. The van der Waals surface area contributed by atoms with Crippen molar-refractivity contribution in [1.29, 1.82) is 0 Å². The third-order valence-electron chi connectivity index (χ3n) is 2.92. The summed E-state index contributed by atoms with van der Waals surface area (Å²) < 4.78 is 3.15. The molecule has 4 nitrogen and oxygen atoms in total. The summed E-state index contributed by atoms with van der Waals surface area (Å²) in [4.78, 5) is 23.4. The topological polar surface area (TPSA) is 44.0 Å². The van der Waals surface area contributed by atoms with Crippen molar-refractivity contribution < 1.29 is 4.79 Å². The molecule has 0 aliphatic carbocycles. The predicted octanol–water partition coefficient (Wildman–Crippen LogP) is 1.85. The molecular weight excluding hydrogens is 228 g/mol. The Morgan fingerprint density at radius 1 is 1.17 bits per heavy atom. The van der Waals surface area contributed by atoms with Crippen molar-refractivity contribution in [3.8, 4) is 0 Å². The summed E-state index contributed by atoms with van der Waals surface area (Å²) in [7, 11) is 1.72. The van der Waals surface area contributed by atoms with Crippen molar-refractivity contribution in [3.05, 3.63) is 58.8 Å². The van der Waals surface area contributed by atoms with Gasteiger partial charge in [-0.25, -0.2) is 4.79 Å². The summed E-state index contributed by atoms with van der Waals surface area (Å²) >= 11 is 0. The Bertz CT molecular complexity index is 581. The maximum absolute atomic E-state index is 11.8. The molecule has 1 heterocycles. The monoisotopic (exact) mass is 244 g/mol. The number of imidazole rings is 1. The molecule has 0 saturated carbocycles. The first-order chi connectivity index (χ1) is 8.68. The quantitative estimate of drug-likeness (QED) is 0.753. The molecule has 1 aromatic carbocycles. The molecule has 0 bridgehead atoms. The number of carbonyl (C=O) groups is 1. The van der Waals surface area contributed by atoms with E-state index in [-0.39, 0.29) is 11.5 Å². The van der Waals surface area contributed by atoms with Crippen LogP contribution >= 0.6 is 0 Å². The molecule has 0 N–H and O–H groups in total. The molecule has 0 saturated heterocycles. The van der Waals surface area contributed by atoms with Crippen LogP contribution in [0.2, 0.25) is 0 Å². The van der Waals surface area contributed by atoms with E-state index in [1.165, 1.54) is 4.57 Å². The Morgan fingerprint density at radius 2 is 1.89 bits per heavy atom. The molecule has 2 aromatic rings. The van der Waals surface area contributed by atoms with Crippen molar-refractivity contribution in [3.63, 3.8) is 0 Å². The molecule has 4 heteroatoms. The standard InChI is InChI=1S/C14H16N2O2/c1-15-10-11-16(14(15)18)9-5-8-13(17)12-6-3-2-4-7-12/h2-4,6-7,10-11H,5,8-9H2,1H3. The van der Waals surface area contributed by atoms with Crippen LogP contribution < -0.4 is 5.69 Å². The van der Waals surface area contributed by atoms with E-state index in [9.17, 15) is 9.59 Å². The fourth-order valence-electron chi connectivity index (χ4n) is 1.86. The lowest BCUT2D eigenvalue weighted by molar-refractivity contribution is 0.0978. The number of ketones is 1. The molecule has 0 aliphatic heterocycles. The summed E-state index contributed by atoms with van der Waals surface area (Å²) in [6.07, 6.45) is 4.61. The number of hydrogen-bond donors (Lipinski definition) is 0. The molecule has 0 radical (unpaired) electrons. The number of aromatic nitrogens is 2. The summed E-state index contributed by atoms with van der Waals surface area (Å²) in [6, 6.07) is 9.23. The zero-order valence-electron chi connectivity index (χ0n) is 10.4. The molecule has 0 amide bonds. The lowest BCUT2D eigenvalue weighted by Crippen LogP contribution is -2.22. The fraction of sp³-hybridized carbons (Fsp3) is 0.286. The summed E-state index contributed by atoms with van der Waals surface area (Å²) in [5.74, 6) is 0.125. The maximum Gasteiger partial charge on any atom is 0.327 e. The van der Waals surface area contributed by atoms with Gasteiger partial charge < -0.3 is 4.57 Å². The van der Waals surface area contributed by atoms with Gasteiger partial charge >= 0.3 is 5.69 Å². The largest absolute Gasteiger partial charge is 0.327 e. The second-order valence-corrected chi connectivity index (χ2v) is 4.28. The van der Waals surface area contributed by atoms with Gasteiger partial charge in [0, 0.05) is 38.0 Å². The third kappa shape index (κ3) is 2.77. The van der Waals surface area contributed by atoms with Crippen LogP contribution in [-0.4, -0.2) is 14.9 Å². The highest BCUT2D eigenvalue weighted by Crippen LogP contribution is 2.05. The van der Waals surface area contributed by atoms with Crippen LogP contribution in [0.25, 0.3) is 0 Å². The number of rotatable bonds is 5. The van der Waals surface area contributed by atoms with Gasteiger partial charge in [-0.2, -0.15) is 0 Å². The minimum Gasteiger partial charge on any atom is -0.302 e. The highest BCUT2D eigenvalue weighted by Gasteiger charge is 2.05. The van der Waals surface area contributed by atoms with Crippen LogP contribution in [0.4, 0.5) is 0 Å². The second kappa shape index (κ2) is 5.49. The van der Waals surface area contributed by atoms with Gasteiger partial charge in [-0.1, -0.05) is 30.3 Å². The maximum atomic E-state index is 11.8. The zero-order chi connectivity index (χ0) is 13.0. The van der Waals surface area contributed by atoms with E-state index in [2.05, 4.69) is 0 Å². The normalized spacial score (nSPS) is 10.5. The number of nitrogens with zero attached hydrogens (tertiary/aromatic N) is 2. The molecular formula is C14H16N2O2. The third-order valence-corrected chi connectivity index (χ3v) is 2.92. The summed E-state index contributed by atoms with van der Waals surface area (Å²) in [5.41, 5.74) is 0.695.